The molecule has 1 aromatic carbocycles. The highest BCUT2D eigenvalue weighted by Crippen LogP contribution is 2.25. The van der Waals surface area contributed by atoms with E-state index in [0.29, 0.717) is 24.8 Å². The number of guanidine groups is 1. The number of carbonyl (C=O) groups excluding carboxylic acids is 2. The van der Waals surface area contributed by atoms with Gasteiger partial charge < -0.3 is 20.3 Å². The van der Waals surface area contributed by atoms with Crippen molar-refractivity contribution in [2.75, 3.05) is 33.8 Å². The third kappa shape index (κ3) is 9.04. The number of amides is 1. The average molecular weight is 544 g/mol. The fraction of sp³-hybridized carbons (Fsp3) is 0.609. The Kier molecular flexibility index (Phi) is 12.5. The van der Waals surface area contributed by atoms with Crippen molar-refractivity contribution in [3.8, 4) is 0 Å². The molecule has 1 saturated carbocycles. The highest BCUT2D eigenvalue weighted by Gasteiger charge is 2.27. The Labute approximate surface area is 203 Å². The maximum absolute atomic E-state index is 12.1. The number of nitrogens with zero attached hydrogens (tertiary/aromatic N) is 2. The Bertz CT molecular complexity index is 731. The lowest BCUT2D eigenvalue weighted by Gasteiger charge is -2.29. The summed E-state index contributed by atoms with van der Waals surface area (Å²) in [5.41, 5.74) is 1.79. The summed E-state index contributed by atoms with van der Waals surface area (Å²) in [6.45, 7) is 5.76. The van der Waals surface area contributed by atoms with E-state index in [1.165, 1.54) is 0 Å². The normalized spacial score (nSPS) is 18.5. The summed E-state index contributed by atoms with van der Waals surface area (Å²) in [4.78, 5) is 30.3. The number of benzene rings is 1. The van der Waals surface area contributed by atoms with Gasteiger partial charge in [-0.2, -0.15) is 0 Å². The molecule has 1 aliphatic carbocycles. The summed E-state index contributed by atoms with van der Waals surface area (Å²) >= 11 is 0. The van der Waals surface area contributed by atoms with Crippen molar-refractivity contribution in [3.05, 3.63) is 35.4 Å². The van der Waals surface area contributed by atoms with Crippen LogP contribution < -0.4 is 10.6 Å². The van der Waals surface area contributed by atoms with Crippen LogP contribution in [0.15, 0.2) is 29.3 Å². The molecular weight excluding hydrogens is 507 g/mol. The van der Waals surface area contributed by atoms with Gasteiger partial charge in [-0.1, -0.05) is 12.1 Å². The molecule has 0 saturated heterocycles. The van der Waals surface area contributed by atoms with E-state index >= 15 is 0 Å². The quantitative estimate of drug-likeness (QED) is 0.227. The molecule has 7 nitrogen and oxygen atoms in total. The van der Waals surface area contributed by atoms with Crippen LogP contribution in [0.2, 0.25) is 0 Å². The number of carbonyl (C=O) groups is 2. The molecule has 1 aliphatic rings. The van der Waals surface area contributed by atoms with Crippen molar-refractivity contribution < 1.29 is 14.3 Å². The largest absolute Gasteiger partial charge is 0.466 e. The van der Waals surface area contributed by atoms with E-state index in [9.17, 15) is 9.59 Å². The Morgan fingerprint density at radius 2 is 1.87 bits per heavy atom. The molecule has 0 aliphatic heterocycles. The van der Waals surface area contributed by atoms with Gasteiger partial charge in [0.25, 0.3) is 5.91 Å². The van der Waals surface area contributed by atoms with E-state index in [0.717, 1.165) is 50.2 Å². The molecule has 2 N–H and O–H groups in total. The fourth-order valence-electron chi connectivity index (χ4n) is 3.66. The molecule has 1 aromatic rings. The van der Waals surface area contributed by atoms with Crippen molar-refractivity contribution in [1.29, 1.82) is 0 Å². The first-order chi connectivity index (χ1) is 14.4. The van der Waals surface area contributed by atoms with Crippen LogP contribution in [-0.4, -0.2) is 62.6 Å². The second kappa shape index (κ2) is 14.3. The number of aliphatic imine (C=N–C) groups is 1. The van der Waals surface area contributed by atoms with E-state index < -0.39 is 0 Å². The molecule has 1 amide bonds. The number of rotatable bonds is 8. The summed E-state index contributed by atoms with van der Waals surface area (Å²) in [6, 6.07) is 8.04. The molecule has 174 valence electrons. The van der Waals surface area contributed by atoms with Crippen LogP contribution in [-0.2, 0) is 16.0 Å². The molecular formula is C23H37IN4O3. The van der Waals surface area contributed by atoms with Gasteiger partial charge in [0, 0.05) is 38.8 Å². The highest BCUT2D eigenvalue weighted by molar-refractivity contribution is 14.0. The van der Waals surface area contributed by atoms with Crippen molar-refractivity contribution in [2.45, 2.75) is 52.0 Å². The second-order valence-electron chi connectivity index (χ2n) is 7.86. The molecule has 2 rings (SSSR count). The maximum atomic E-state index is 12.1. The van der Waals surface area contributed by atoms with Gasteiger partial charge in [0.2, 0.25) is 0 Å². The van der Waals surface area contributed by atoms with Crippen LogP contribution in [0.1, 0.15) is 55.5 Å². The molecule has 0 radical (unpaired) electrons. The number of hydrogen-bond donors (Lipinski definition) is 2. The van der Waals surface area contributed by atoms with Crippen molar-refractivity contribution in [1.82, 2.24) is 15.5 Å². The Hall–Kier alpha value is -1.84. The van der Waals surface area contributed by atoms with Crippen LogP contribution in [0.5, 0.6) is 0 Å². The standard InChI is InChI=1S/C23H36N4O3.HI/c1-5-24-23(26-20-12-10-18(11-13-20)22(29)30-6-2)25-15-14-17-8-7-9-19(16-17)21(28)27(3)4;/h7-9,16,18,20H,5-6,10-15H2,1-4H3,(H2,24,25,26);1H. The lowest BCUT2D eigenvalue weighted by molar-refractivity contribution is -0.149. The topological polar surface area (TPSA) is 83.0 Å². The van der Waals surface area contributed by atoms with Crippen LogP contribution in [0.3, 0.4) is 0 Å². The summed E-state index contributed by atoms with van der Waals surface area (Å²) in [5.74, 6) is 0.776. The lowest BCUT2D eigenvalue weighted by atomic mass is 9.86. The van der Waals surface area contributed by atoms with Gasteiger partial charge in [0.1, 0.15) is 0 Å². The van der Waals surface area contributed by atoms with Crippen molar-refractivity contribution >= 4 is 41.8 Å². The van der Waals surface area contributed by atoms with Crippen molar-refractivity contribution in [3.63, 3.8) is 0 Å². The molecule has 0 aromatic heterocycles. The fourth-order valence-corrected chi connectivity index (χ4v) is 3.66. The van der Waals surface area contributed by atoms with Gasteiger partial charge >= 0.3 is 5.97 Å². The molecule has 0 spiro atoms. The molecule has 0 bridgehead atoms. The van der Waals surface area contributed by atoms with Gasteiger partial charge in [-0.15, -0.1) is 24.0 Å². The van der Waals surface area contributed by atoms with E-state index in [4.69, 9.17) is 9.73 Å². The summed E-state index contributed by atoms with van der Waals surface area (Å²) in [7, 11) is 3.52. The number of halogens is 1. The van der Waals surface area contributed by atoms with Crippen molar-refractivity contribution in [2.24, 2.45) is 10.9 Å². The predicted molar refractivity (Wildman–Crippen MR) is 135 cm³/mol. The monoisotopic (exact) mass is 544 g/mol. The Balaban J connectivity index is 0.00000480. The van der Waals surface area contributed by atoms with Gasteiger partial charge in [0.05, 0.1) is 12.5 Å². The number of hydrogen-bond acceptors (Lipinski definition) is 4. The lowest BCUT2D eigenvalue weighted by Crippen LogP contribution is -2.45. The minimum Gasteiger partial charge on any atom is -0.466 e. The zero-order valence-corrected chi connectivity index (χ0v) is 21.5. The summed E-state index contributed by atoms with van der Waals surface area (Å²) < 4.78 is 5.15. The molecule has 1 fully saturated rings. The van der Waals surface area contributed by atoms with Gasteiger partial charge in [-0.3, -0.25) is 14.6 Å². The number of ether oxygens (including phenoxy) is 1. The molecule has 0 heterocycles. The zero-order valence-electron chi connectivity index (χ0n) is 19.1. The summed E-state index contributed by atoms with van der Waals surface area (Å²) in [6.07, 6.45) is 4.33. The molecule has 0 atom stereocenters. The van der Waals surface area contributed by atoms with Crippen LogP contribution in [0, 0.1) is 5.92 Å². The van der Waals surface area contributed by atoms with Gasteiger partial charge in [0.15, 0.2) is 5.96 Å². The van der Waals surface area contributed by atoms with E-state index in [1.54, 1.807) is 19.0 Å². The highest BCUT2D eigenvalue weighted by atomic mass is 127. The van der Waals surface area contributed by atoms with E-state index in [-0.39, 0.29) is 41.8 Å². The Morgan fingerprint density at radius 1 is 1.16 bits per heavy atom. The predicted octanol–water partition coefficient (Wildman–Crippen LogP) is 3.23. The summed E-state index contributed by atoms with van der Waals surface area (Å²) in [5, 5.41) is 6.81. The second-order valence-corrected chi connectivity index (χ2v) is 7.86. The average Bonchev–Trinajstić information content (AvgIpc) is 2.74. The van der Waals surface area contributed by atoms with Gasteiger partial charge in [-0.25, -0.2) is 0 Å². The van der Waals surface area contributed by atoms with E-state index in [1.807, 2.05) is 38.1 Å². The minimum absolute atomic E-state index is 0. The first-order valence-corrected chi connectivity index (χ1v) is 11.0. The number of esters is 1. The first-order valence-electron chi connectivity index (χ1n) is 11.0. The smallest absolute Gasteiger partial charge is 0.308 e. The molecule has 31 heavy (non-hydrogen) atoms. The molecule has 8 heteroatoms. The van der Waals surface area contributed by atoms with Gasteiger partial charge in [-0.05, 0) is 63.6 Å². The van der Waals surface area contributed by atoms with E-state index in [2.05, 4.69) is 10.6 Å². The number of nitrogens with one attached hydrogen (secondary N) is 2. The molecule has 0 unspecified atom stereocenters. The van der Waals surface area contributed by atoms with Crippen LogP contribution in [0.4, 0.5) is 0 Å². The minimum atomic E-state index is -0.0634. The SMILES string of the molecule is CCNC(=NCCc1cccc(C(=O)N(C)C)c1)NC1CCC(C(=O)OCC)CC1.I. The Morgan fingerprint density at radius 3 is 2.48 bits per heavy atom. The van der Waals surface area contributed by atoms with Crippen LogP contribution >= 0.6 is 24.0 Å². The maximum Gasteiger partial charge on any atom is 0.308 e. The third-order valence-corrected chi connectivity index (χ3v) is 5.28. The third-order valence-electron chi connectivity index (χ3n) is 5.28. The van der Waals surface area contributed by atoms with Crippen LogP contribution in [0.25, 0.3) is 0 Å². The first kappa shape index (κ1) is 27.2. The zero-order chi connectivity index (χ0) is 21.9.